The number of hydrogen-bond donors (Lipinski definition) is 2. The topological polar surface area (TPSA) is 72.0 Å². The molecule has 0 aliphatic heterocycles. The van der Waals surface area contributed by atoms with Crippen molar-refractivity contribution in [2.75, 3.05) is 31.0 Å². The van der Waals surface area contributed by atoms with E-state index in [1.54, 1.807) is 13.3 Å². The van der Waals surface area contributed by atoms with Gasteiger partial charge >= 0.3 is 0 Å². The van der Waals surface area contributed by atoms with Gasteiger partial charge in [0.2, 0.25) is 5.88 Å². The Labute approximate surface area is 122 Å². The molecule has 2 heterocycles. The van der Waals surface area contributed by atoms with Crippen molar-refractivity contribution in [3.63, 3.8) is 0 Å². The summed E-state index contributed by atoms with van der Waals surface area (Å²) in [6.07, 6.45) is 3.68. The van der Waals surface area contributed by atoms with Crippen LogP contribution >= 0.6 is 11.8 Å². The summed E-state index contributed by atoms with van der Waals surface area (Å²) in [6, 6.07) is 5.70. The first kappa shape index (κ1) is 14.4. The van der Waals surface area contributed by atoms with Gasteiger partial charge in [0.15, 0.2) is 5.16 Å². The first-order valence-corrected chi connectivity index (χ1v) is 7.31. The van der Waals surface area contributed by atoms with E-state index in [2.05, 4.69) is 25.6 Å². The predicted octanol–water partition coefficient (Wildman–Crippen LogP) is 2.26. The quantitative estimate of drug-likeness (QED) is 0.624. The first-order valence-electron chi connectivity index (χ1n) is 6.08. The normalized spacial score (nSPS) is 10.2. The van der Waals surface area contributed by atoms with E-state index in [0.717, 1.165) is 22.4 Å². The number of ether oxygens (including phenoxy) is 1. The molecule has 0 amide bonds. The minimum atomic E-state index is 0.604. The average molecular weight is 291 g/mol. The molecule has 0 bridgehead atoms. The summed E-state index contributed by atoms with van der Waals surface area (Å²) in [5, 5.41) is 7.03. The minimum Gasteiger partial charge on any atom is -0.481 e. The number of hydrogen-bond acceptors (Lipinski definition) is 7. The van der Waals surface area contributed by atoms with Crippen LogP contribution in [0, 0.1) is 0 Å². The van der Waals surface area contributed by atoms with E-state index in [4.69, 9.17) is 4.74 Å². The molecule has 20 heavy (non-hydrogen) atoms. The zero-order chi connectivity index (χ0) is 14.4. The van der Waals surface area contributed by atoms with Gasteiger partial charge in [-0.25, -0.2) is 15.0 Å². The molecule has 0 aliphatic rings. The highest BCUT2D eigenvalue weighted by Crippen LogP contribution is 2.18. The molecule has 2 aromatic heterocycles. The monoisotopic (exact) mass is 291 g/mol. The maximum Gasteiger partial charge on any atom is 0.213 e. The van der Waals surface area contributed by atoms with E-state index < -0.39 is 0 Å². The van der Waals surface area contributed by atoms with E-state index in [1.165, 1.54) is 11.8 Å². The third-order valence-electron chi connectivity index (χ3n) is 2.63. The smallest absolute Gasteiger partial charge is 0.213 e. The van der Waals surface area contributed by atoms with Crippen molar-refractivity contribution in [1.29, 1.82) is 0 Å². The number of nitrogens with one attached hydrogen (secondary N) is 2. The van der Waals surface area contributed by atoms with Gasteiger partial charge in [0.05, 0.1) is 7.11 Å². The van der Waals surface area contributed by atoms with Crippen molar-refractivity contribution in [2.24, 2.45) is 0 Å². The third-order valence-corrected chi connectivity index (χ3v) is 3.17. The Kier molecular flexibility index (Phi) is 5.00. The van der Waals surface area contributed by atoms with Crippen LogP contribution in [0.1, 0.15) is 5.56 Å². The molecular formula is C13H17N5OS. The van der Waals surface area contributed by atoms with Crippen molar-refractivity contribution in [3.05, 3.63) is 30.0 Å². The number of pyridine rings is 1. The maximum atomic E-state index is 5.10. The zero-order valence-corrected chi connectivity index (χ0v) is 12.5. The van der Waals surface area contributed by atoms with Crippen LogP contribution in [0.5, 0.6) is 5.88 Å². The summed E-state index contributed by atoms with van der Waals surface area (Å²) in [7, 11) is 3.44. The summed E-state index contributed by atoms with van der Waals surface area (Å²) in [5.74, 6) is 2.18. The minimum absolute atomic E-state index is 0.604. The molecule has 0 radical (unpaired) electrons. The fraction of sp³-hybridized carbons (Fsp3) is 0.308. The average Bonchev–Trinajstić information content (AvgIpc) is 2.52. The van der Waals surface area contributed by atoms with Crippen molar-refractivity contribution >= 4 is 23.4 Å². The van der Waals surface area contributed by atoms with E-state index in [0.29, 0.717) is 12.4 Å². The van der Waals surface area contributed by atoms with Crippen LogP contribution in [0.3, 0.4) is 0 Å². The molecule has 0 aliphatic carbocycles. The largest absolute Gasteiger partial charge is 0.481 e. The van der Waals surface area contributed by atoms with Gasteiger partial charge in [0.1, 0.15) is 11.6 Å². The second-order valence-corrected chi connectivity index (χ2v) is 4.71. The fourth-order valence-electron chi connectivity index (χ4n) is 1.60. The fourth-order valence-corrected chi connectivity index (χ4v) is 1.98. The Morgan fingerprint density at radius 2 is 2.05 bits per heavy atom. The molecule has 0 saturated heterocycles. The van der Waals surface area contributed by atoms with Crippen molar-refractivity contribution in [1.82, 2.24) is 15.0 Å². The number of aromatic nitrogens is 3. The number of thioether (sulfide) groups is 1. The second-order valence-electron chi connectivity index (χ2n) is 3.94. The molecule has 0 atom stereocenters. The lowest BCUT2D eigenvalue weighted by atomic mass is 10.2. The van der Waals surface area contributed by atoms with E-state index in [-0.39, 0.29) is 0 Å². The lowest BCUT2D eigenvalue weighted by Crippen LogP contribution is -2.05. The van der Waals surface area contributed by atoms with E-state index in [9.17, 15) is 0 Å². The van der Waals surface area contributed by atoms with Gasteiger partial charge in [-0.1, -0.05) is 11.8 Å². The lowest BCUT2D eigenvalue weighted by Gasteiger charge is -2.09. The molecule has 2 aromatic rings. The molecule has 2 rings (SSSR count). The van der Waals surface area contributed by atoms with E-state index >= 15 is 0 Å². The number of methoxy groups -OCH3 is 1. The highest BCUT2D eigenvalue weighted by molar-refractivity contribution is 7.98. The van der Waals surface area contributed by atoms with Crippen molar-refractivity contribution < 1.29 is 4.74 Å². The van der Waals surface area contributed by atoms with Crippen LogP contribution in [-0.4, -0.2) is 35.4 Å². The molecule has 6 nitrogen and oxygen atoms in total. The standard InChI is InChI=1S/C13H17N5OS/c1-14-10-7-11(18-13(17-10)20-3)16-8-9-4-5-15-12(6-9)19-2/h4-7H,8H2,1-3H3,(H2,14,16,17,18). The molecule has 0 spiro atoms. The Morgan fingerprint density at radius 1 is 1.25 bits per heavy atom. The van der Waals surface area contributed by atoms with Crippen LogP contribution in [0.4, 0.5) is 11.6 Å². The Bertz CT molecular complexity index is 556. The van der Waals surface area contributed by atoms with Crippen molar-refractivity contribution in [2.45, 2.75) is 11.7 Å². The van der Waals surface area contributed by atoms with Gasteiger partial charge < -0.3 is 15.4 Å². The summed E-state index contributed by atoms with van der Waals surface area (Å²) < 4.78 is 5.10. The van der Waals surface area contributed by atoms with Gasteiger partial charge in [-0.2, -0.15) is 0 Å². The van der Waals surface area contributed by atoms with Gasteiger partial charge in [-0.3, -0.25) is 0 Å². The summed E-state index contributed by atoms with van der Waals surface area (Å²) >= 11 is 1.51. The van der Waals surface area contributed by atoms with Crippen molar-refractivity contribution in [3.8, 4) is 5.88 Å². The maximum absolute atomic E-state index is 5.10. The van der Waals surface area contributed by atoms with Gasteiger partial charge in [-0.05, 0) is 17.9 Å². The van der Waals surface area contributed by atoms with Crippen LogP contribution < -0.4 is 15.4 Å². The Morgan fingerprint density at radius 3 is 2.75 bits per heavy atom. The number of anilines is 2. The first-order chi connectivity index (χ1) is 9.75. The predicted molar refractivity (Wildman–Crippen MR) is 81.5 cm³/mol. The summed E-state index contributed by atoms with van der Waals surface area (Å²) in [5.41, 5.74) is 1.08. The zero-order valence-electron chi connectivity index (χ0n) is 11.7. The SMILES string of the molecule is CNc1cc(NCc2ccnc(OC)c2)nc(SC)n1. The molecule has 2 N–H and O–H groups in total. The molecule has 0 fully saturated rings. The molecule has 7 heteroatoms. The molecule has 0 aromatic carbocycles. The Balaban J connectivity index is 2.09. The highest BCUT2D eigenvalue weighted by atomic mass is 32.2. The van der Waals surface area contributed by atoms with Gasteiger partial charge in [0, 0.05) is 31.9 Å². The third kappa shape index (κ3) is 3.74. The molecule has 0 saturated carbocycles. The molecular weight excluding hydrogens is 274 g/mol. The molecule has 106 valence electrons. The number of rotatable bonds is 6. The van der Waals surface area contributed by atoms with Crippen LogP contribution in [-0.2, 0) is 6.54 Å². The molecule has 0 unspecified atom stereocenters. The van der Waals surface area contributed by atoms with Crippen LogP contribution in [0.15, 0.2) is 29.6 Å². The van der Waals surface area contributed by atoms with Crippen LogP contribution in [0.25, 0.3) is 0 Å². The van der Waals surface area contributed by atoms with Gasteiger partial charge in [-0.15, -0.1) is 0 Å². The second kappa shape index (κ2) is 6.95. The van der Waals surface area contributed by atoms with Crippen LogP contribution in [0.2, 0.25) is 0 Å². The Hall–Kier alpha value is -2.02. The summed E-state index contributed by atoms with van der Waals surface area (Å²) in [4.78, 5) is 12.8. The highest BCUT2D eigenvalue weighted by Gasteiger charge is 2.03. The lowest BCUT2D eigenvalue weighted by molar-refractivity contribution is 0.397. The summed E-state index contributed by atoms with van der Waals surface area (Å²) in [6.45, 7) is 0.646. The van der Waals surface area contributed by atoms with Gasteiger partial charge in [0.25, 0.3) is 0 Å². The number of nitrogens with zero attached hydrogens (tertiary/aromatic N) is 3. The van der Waals surface area contributed by atoms with E-state index in [1.807, 2.05) is 31.5 Å².